The molecule has 10 heteroatoms. The summed E-state index contributed by atoms with van der Waals surface area (Å²) >= 11 is 0. The van der Waals surface area contributed by atoms with E-state index in [1.807, 2.05) is 0 Å². The standard InChI is InChI=1S/C44H74O10/c1-3-5-7-9-11-13-15-17-18-19-21-22-24-26-28-30-32-39(46)51-35-37(36-52-44-43(50)42(49)41(48)38(34-45)54-44)53-40(47)33-31-29-27-25-23-20-16-14-12-10-8-6-4-2/h6,8,12-15,18-20,23,37-38,41-45,48-50H,3-5,7,9-11,16-17,21-22,24-36H2,1-2H3/b8-6-,14-12-,15-13-,19-18-,23-20-. The molecule has 0 saturated carbocycles. The molecular formula is C44H74O10. The van der Waals surface area contributed by atoms with Gasteiger partial charge >= 0.3 is 11.9 Å². The van der Waals surface area contributed by atoms with E-state index in [2.05, 4.69) is 74.6 Å². The van der Waals surface area contributed by atoms with Crippen LogP contribution in [-0.2, 0) is 28.5 Å². The quantitative estimate of drug-likeness (QED) is 0.0292. The highest BCUT2D eigenvalue weighted by Crippen LogP contribution is 2.22. The van der Waals surface area contributed by atoms with Crippen molar-refractivity contribution in [2.24, 2.45) is 0 Å². The predicted molar refractivity (Wildman–Crippen MR) is 215 cm³/mol. The van der Waals surface area contributed by atoms with Gasteiger partial charge in [-0.05, 0) is 77.0 Å². The van der Waals surface area contributed by atoms with Crippen LogP contribution >= 0.6 is 0 Å². The first kappa shape index (κ1) is 49.4. The molecule has 10 nitrogen and oxygen atoms in total. The van der Waals surface area contributed by atoms with Gasteiger partial charge in [-0.1, -0.05) is 120 Å². The van der Waals surface area contributed by atoms with Gasteiger partial charge in [0.15, 0.2) is 12.4 Å². The van der Waals surface area contributed by atoms with E-state index < -0.39 is 55.4 Å². The van der Waals surface area contributed by atoms with Crippen molar-refractivity contribution in [2.45, 2.75) is 185 Å². The number of hydrogen-bond donors (Lipinski definition) is 4. The number of unbranched alkanes of at least 4 members (excludes halogenated alkanes) is 12. The molecule has 0 radical (unpaired) electrons. The molecule has 310 valence electrons. The normalized spacial score (nSPS) is 21.3. The van der Waals surface area contributed by atoms with E-state index in [0.29, 0.717) is 12.8 Å². The van der Waals surface area contributed by atoms with Gasteiger partial charge in [-0.15, -0.1) is 0 Å². The minimum absolute atomic E-state index is 0.189. The summed E-state index contributed by atoms with van der Waals surface area (Å²) in [6.07, 6.45) is 33.7. The summed E-state index contributed by atoms with van der Waals surface area (Å²) in [5, 5.41) is 40.0. The van der Waals surface area contributed by atoms with Crippen LogP contribution in [0.15, 0.2) is 60.8 Å². The van der Waals surface area contributed by atoms with Crippen LogP contribution in [0.1, 0.15) is 149 Å². The number of carbonyl (C=O) groups excluding carboxylic acids is 2. The van der Waals surface area contributed by atoms with E-state index in [1.165, 1.54) is 32.1 Å². The molecule has 4 N–H and O–H groups in total. The van der Waals surface area contributed by atoms with Crippen molar-refractivity contribution in [3.8, 4) is 0 Å². The van der Waals surface area contributed by atoms with Gasteiger partial charge < -0.3 is 39.4 Å². The zero-order chi connectivity index (χ0) is 39.5. The van der Waals surface area contributed by atoms with Crippen LogP contribution < -0.4 is 0 Å². The molecule has 0 spiro atoms. The molecule has 54 heavy (non-hydrogen) atoms. The molecule has 1 saturated heterocycles. The predicted octanol–water partition coefficient (Wildman–Crippen LogP) is 8.27. The molecule has 0 aromatic heterocycles. The summed E-state index contributed by atoms with van der Waals surface area (Å²) < 4.78 is 22.1. The number of rotatable bonds is 33. The molecule has 0 aliphatic carbocycles. The fraction of sp³-hybridized carbons (Fsp3) is 0.727. The largest absolute Gasteiger partial charge is 0.462 e. The number of aliphatic hydroxyl groups is 4. The van der Waals surface area contributed by atoms with Crippen molar-refractivity contribution < 1.29 is 49.0 Å². The lowest BCUT2D eigenvalue weighted by Crippen LogP contribution is -2.59. The average Bonchev–Trinajstić information content (AvgIpc) is 3.17. The lowest BCUT2D eigenvalue weighted by atomic mass is 9.99. The summed E-state index contributed by atoms with van der Waals surface area (Å²) in [6.45, 7) is 3.22. The number of aliphatic hydroxyl groups excluding tert-OH is 4. The SMILES string of the molecule is CC/C=C\C/C=C\C/C=C\CCCCCC(=O)OC(COC(=O)CCCCCCC/C=C\C/C=C\CCCCCC)COC1OC(CO)C(O)C(O)C1O. The van der Waals surface area contributed by atoms with Crippen LogP contribution in [0.25, 0.3) is 0 Å². The van der Waals surface area contributed by atoms with Crippen molar-refractivity contribution >= 4 is 11.9 Å². The van der Waals surface area contributed by atoms with Crippen LogP contribution in [0.4, 0.5) is 0 Å². The second-order valence-electron chi connectivity index (χ2n) is 14.1. The van der Waals surface area contributed by atoms with E-state index in [-0.39, 0.29) is 26.1 Å². The number of allylic oxidation sites excluding steroid dienone is 10. The Hall–Kier alpha value is -2.60. The molecule has 6 unspecified atom stereocenters. The van der Waals surface area contributed by atoms with Gasteiger partial charge in [0.05, 0.1) is 13.2 Å². The van der Waals surface area contributed by atoms with Gasteiger partial charge in [0.2, 0.25) is 0 Å². The Bertz CT molecular complexity index is 1070. The van der Waals surface area contributed by atoms with Gasteiger partial charge in [0.25, 0.3) is 0 Å². The topological polar surface area (TPSA) is 152 Å². The maximum Gasteiger partial charge on any atom is 0.306 e. The maximum absolute atomic E-state index is 12.7. The monoisotopic (exact) mass is 763 g/mol. The third kappa shape index (κ3) is 26.2. The smallest absolute Gasteiger partial charge is 0.306 e. The summed E-state index contributed by atoms with van der Waals surface area (Å²) in [4.78, 5) is 25.2. The van der Waals surface area contributed by atoms with E-state index in [1.54, 1.807) is 0 Å². The Morgan fingerprint density at radius 3 is 1.67 bits per heavy atom. The molecule has 0 aromatic rings. The van der Waals surface area contributed by atoms with Gasteiger partial charge in [0.1, 0.15) is 31.0 Å². The zero-order valence-electron chi connectivity index (χ0n) is 33.4. The summed E-state index contributed by atoms with van der Waals surface area (Å²) in [5.74, 6) is -0.863. The van der Waals surface area contributed by atoms with Crippen LogP contribution in [0.5, 0.6) is 0 Å². The van der Waals surface area contributed by atoms with Crippen LogP contribution in [0.2, 0.25) is 0 Å². The number of hydrogen-bond acceptors (Lipinski definition) is 10. The van der Waals surface area contributed by atoms with Crippen LogP contribution in [0.3, 0.4) is 0 Å². The van der Waals surface area contributed by atoms with E-state index in [4.69, 9.17) is 18.9 Å². The second-order valence-corrected chi connectivity index (χ2v) is 14.1. The molecule has 0 bridgehead atoms. The van der Waals surface area contributed by atoms with Crippen LogP contribution in [0, 0.1) is 0 Å². The van der Waals surface area contributed by atoms with Gasteiger partial charge in [-0.3, -0.25) is 9.59 Å². The Labute approximate surface area is 326 Å². The molecule has 1 fully saturated rings. The lowest BCUT2D eigenvalue weighted by molar-refractivity contribution is -0.305. The molecular weight excluding hydrogens is 688 g/mol. The third-order valence-corrected chi connectivity index (χ3v) is 9.14. The maximum atomic E-state index is 12.7. The fourth-order valence-electron chi connectivity index (χ4n) is 5.82. The van der Waals surface area contributed by atoms with Crippen molar-refractivity contribution in [3.63, 3.8) is 0 Å². The molecule has 0 aromatic carbocycles. The second kappa shape index (κ2) is 34.9. The highest BCUT2D eigenvalue weighted by molar-refractivity contribution is 5.70. The summed E-state index contributed by atoms with van der Waals surface area (Å²) in [5.41, 5.74) is 0. The van der Waals surface area contributed by atoms with E-state index in [9.17, 15) is 30.0 Å². The Morgan fingerprint density at radius 2 is 1.09 bits per heavy atom. The van der Waals surface area contributed by atoms with Crippen LogP contribution in [-0.4, -0.2) is 89.0 Å². The minimum atomic E-state index is -1.60. The van der Waals surface area contributed by atoms with Gasteiger partial charge in [0, 0.05) is 12.8 Å². The first-order valence-corrected chi connectivity index (χ1v) is 20.9. The Morgan fingerprint density at radius 1 is 0.593 bits per heavy atom. The average molecular weight is 763 g/mol. The first-order chi connectivity index (χ1) is 26.3. The highest BCUT2D eigenvalue weighted by Gasteiger charge is 2.44. The molecule has 6 atom stereocenters. The van der Waals surface area contributed by atoms with Crippen molar-refractivity contribution in [2.75, 3.05) is 19.8 Å². The Balaban J connectivity index is 2.40. The highest BCUT2D eigenvalue weighted by atomic mass is 16.7. The molecule has 1 heterocycles. The number of esters is 2. The van der Waals surface area contributed by atoms with Crippen molar-refractivity contribution in [3.05, 3.63) is 60.8 Å². The van der Waals surface area contributed by atoms with E-state index >= 15 is 0 Å². The molecule has 0 amide bonds. The number of ether oxygens (including phenoxy) is 4. The van der Waals surface area contributed by atoms with Gasteiger partial charge in [-0.25, -0.2) is 0 Å². The Kier molecular flexibility index (Phi) is 31.9. The molecule has 1 rings (SSSR count). The lowest BCUT2D eigenvalue weighted by Gasteiger charge is -2.39. The summed E-state index contributed by atoms with van der Waals surface area (Å²) in [6, 6.07) is 0. The number of carbonyl (C=O) groups is 2. The first-order valence-electron chi connectivity index (χ1n) is 20.9. The zero-order valence-corrected chi connectivity index (χ0v) is 33.4. The summed E-state index contributed by atoms with van der Waals surface area (Å²) in [7, 11) is 0. The molecule has 1 aliphatic heterocycles. The van der Waals surface area contributed by atoms with Crippen molar-refractivity contribution in [1.82, 2.24) is 0 Å². The van der Waals surface area contributed by atoms with Crippen molar-refractivity contribution in [1.29, 1.82) is 0 Å². The third-order valence-electron chi connectivity index (χ3n) is 9.14. The molecule has 1 aliphatic rings. The van der Waals surface area contributed by atoms with Gasteiger partial charge in [-0.2, -0.15) is 0 Å². The fourth-order valence-corrected chi connectivity index (χ4v) is 5.82. The minimum Gasteiger partial charge on any atom is -0.462 e. The van der Waals surface area contributed by atoms with E-state index in [0.717, 1.165) is 77.0 Å².